The van der Waals surface area contributed by atoms with Crippen LogP contribution in [0.25, 0.3) is 5.82 Å². The molecule has 9 nitrogen and oxygen atoms in total. The Balaban J connectivity index is 1.69. The number of anilines is 2. The molecule has 1 saturated heterocycles. The highest BCUT2D eigenvalue weighted by Crippen LogP contribution is 2.45. The Labute approximate surface area is 233 Å². The van der Waals surface area contributed by atoms with Crippen LogP contribution < -0.4 is 19.7 Å². The molecular formula is C28H30N6O3S2. The first-order valence-electron chi connectivity index (χ1n) is 12.4. The zero-order chi connectivity index (χ0) is 27.9. The summed E-state index contributed by atoms with van der Waals surface area (Å²) in [4.78, 5) is 11.3. The first-order chi connectivity index (χ1) is 18.6. The number of ether oxygens (including phenoxy) is 1. The van der Waals surface area contributed by atoms with E-state index in [0.29, 0.717) is 22.2 Å². The average Bonchev–Trinajstić information content (AvgIpc) is 3.38. The van der Waals surface area contributed by atoms with Gasteiger partial charge in [0.15, 0.2) is 5.11 Å². The molecular weight excluding hydrogens is 532 g/mol. The van der Waals surface area contributed by atoms with E-state index < -0.39 is 10.0 Å². The van der Waals surface area contributed by atoms with Gasteiger partial charge in [-0.2, -0.15) is 0 Å². The molecule has 4 aromatic rings. The van der Waals surface area contributed by atoms with Gasteiger partial charge in [0.2, 0.25) is 10.0 Å². The number of rotatable bonds is 7. The fourth-order valence-electron chi connectivity index (χ4n) is 5.16. The number of nitrogens with one attached hydrogen (secondary N) is 2. The molecule has 0 radical (unpaired) electrons. The van der Waals surface area contributed by atoms with Gasteiger partial charge in [0.1, 0.15) is 11.6 Å². The highest BCUT2D eigenvalue weighted by atomic mass is 32.2. The predicted molar refractivity (Wildman–Crippen MR) is 157 cm³/mol. The Bertz CT molecular complexity index is 1650. The van der Waals surface area contributed by atoms with Crippen LogP contribution in [-0.4, -0.2) is 41.4 Å². The maximum Gasteiger partial charge on any atom is 0.229 e. The Morgan fingerprint density at radius 1 is 1.03 bits per heavy atom. The van der Waals surface area contributed by atoms with Gasteiger partial charge < -0.3 is 19.5 Å². The van der Waals surface area contributed by atoms with Gasteiger partial charge in [0, 0.05) is 29.5 Å². The third-order valence-corrected chi connectivity index (χ3v) is 7.68. The SMILES string of the molecule is COc1ccc(N2C(=S)N[C@@H](c3ccccn3)[C@@H]2c2cc(C)n(-c3cc(C)ccn3)c2C)cc1NS(C)(=O)=O. The molecule has 0 amide bonds. The van der Waals surface area contributed by atoms with Crippen LogP contribution in [0.3, 0.4) is 0 Å². The number of sulfonamides is 1. The molecule has 0 bridgehead atoms. The Hall–Kier alpha value is -3.96. The number of nitrogens with zero attached hydrogens (tertiary/aromatic N) is 4. The van der Waals surface area contributed by atoms with Crippen LogP contribution >= 0.6 is 12.2 Å². The second-order valence-corrected chi connectivity index (χ2v) is 11.7. The molecule has 2 N–H and O–H groups in total. The lowest BCUT2D eigenvalue weighted by Crippen LogP contribution is -2.29. The summed E-state index contributed by atoms with van der Waals surface area (Å²) in [6.07, 6.45) is 4.68. The first kappa shape index (κ1) is 26.6. The lowest BCUT2D eigenvalue weighted by molar-refractivity contribution is 0.417. The zero-order valence-corrected chi connectivity index (χ0v) is 24.0. The molecule has 0 saturated carbocycles. The van der Waals surface area contributed by atoms with Gasteiger partial charge in [-0.3, -0.25) is 9.71 Å². The van der Waals surface area contributed by atoms with E-state index >= 15 is 0 Å². The molecule has 3 aromatic heterocycles. The van der Waals surface area contributed by atoms with Gasteiger partial charge in [-0.1, -0.05) is 6.07 Å². The van der Waals surface area contributed by atoms with E-state index in [0.717, 1.165) is 40.3 Å². The first-order valence-corrected chi connectivity index (χ1v) is 14.7. The molecule has 5 rings (SSSR count). The number of aryl methyl sites for hydroxylation is 2. The Kier molecular flexibility index (Phi) is 7.04. The number of thiocarbonyl (C=S) groups is 1. The highest BCUT2D eigenvalue weighted by molar-refractivity contribution is 7.92. The van der Waals surface area contributed by atoms with Crippen LogP contribution in [0.2, 0.25) is 0 Å². The van der Waals surface area contributed by atoms with Crippen LogP contribution in [0.15, 0.2) is 67.0 Å². The van der Waals surface area contributed by atoms with Crippen molar-refractivity contribution in [1.29, 1.82) is 0 Å². The minimum atomic E-state index is -3.54. The van der Waals surface area contributed by atoms with E-state index in [1.807, 2.05) is 48.4 Å². The second-order valence-electron chi connectivity index (χ2n) is 9.61. The van der Waals surface area contributed by atoms with E-state index in [1.165, 1.54) is 7.11 Å². The second kappa shape index (κ2) is 10.3. The smallest absolute Gasteiger partial charge is 0.229 e. The lowest BCUT2D eigenvalue weighted by atomic mass is 9.96. The minimum Gasteiger partial charge on any atom is -0.495 e. The van der Waals surface area contributed by atoms with E-state index in [4.69, 9.17) is 17.0 Å². The number of hydrogen-bond donors (Lipinski definition) is 2. The number of aromatic nitrogens is 3. The van der Waals surface area contributed by atoms with Crippen molar-refractivity contribution in [2.75, 3.05) is 23.0 Å². The molecule has 1 aliphatic heterocycles. The van der Waals surface area contributed by atoms with Crippen molar-refractivity contribution in [3.8, 4) is 11.6 Å². The number of methoxy groups -OCH3 is 1. The average molecular weight is 563 g/mol. The quantitative estimate of drug-likeness (QED) is 0.311. The summed E-state index contributed by atoms with van der Waals surface area (Å²) in [6, 6.07) is 16.8. The monoisotopic (exact) mass is 562 g/mol. The van der Waals surface area contributed by atoms with Crippen LogP contribution in [0, 0.1) is 20.8 Å². The third kappa shape index (κ3) is 5.19. The third-order valence-electron chi connectivity index (χ3n) is 6.77. The molecule has 0 spiro atoms. The number of pyridine rings is 2. The van der Waals surface area contributed by atoms with Gasteiger partial charge in [-0.05, 0) is 92.6 Å². The minimum absolute atomic E-state index is 0.258. The molecule has 11 heteroatoms. The fraction of sp³-hybridized carbons (Fsp3) is 0.250. The summed E-state index contributed by atoms with van der Waals surface area (Å²) in [6.45, 7) is 6.18. The molecule has 202 valence electrons. The van der Waals surface area contributed by atoms with Gasteiger partial charge in [-0.15, -0.1) is 0 Å². The maximum absolute atomic E-state index is 12.1. The summed E-state index contributed by atoms with van der Waals surface area (Å²) in [5, 5.41) is 3.97. The predicted octanol–water partition coefficient (Wildman–Crippen LogP) is 4.75. The topological polar surface area (TPSA) is 101 Å². The largest absolute Gasteiger partial charge is 0.495 e. The summed E-state index contributed by atoms with van der Waals surface area (Å²) in [5.41, 5.74) is 6.11. The van der Waals surface area contributed by atoms with Gasteiger partial charge in [-0.25, -0.2) is 13.4 Å². The zero-order valence-electron chi connectivity index (χ0n) is 22.3. The molecule has 0 unspecified atom stereocenters. The Morgan fingerprint density at radius 3 is 2.49 bits per heavy atom. The van der Waals surface area contributed by atoms with Crippen molar-refractivity contribution in [1.82, 2.24) is 19.9 Å². The molecule has 1 fully saturated rings. The molecule has 4 heterocycles. The summed E-state index contributed by atoms with van der Waals surface area (Å²) in [7, 11) is -2.04. The maximum atomic E-state index is 12.1. The van der Waals surface area contributed by atoms with Gasteiger partial charge >= 0.3 is 0 Å². The van der Waals surface area contributed by atoms with Gasteiger partial charge in [0.05, 0.1) is 36.8 Å². The van der Waals surface area contributed by atoms with E-state index in [2.05, 4.69) is 50.6 Å². The van der Waals surface area contributed by atoms with Crippen molar-refractivity contribution < 1.29 is 13.2 Å². The normalized spacial score (nSPS) is 17.3. The van der Waals surface area contributed by atoms with Crippen LogP contribution in [-0.2, 0) is 10.0 Å². The number of benzene rings is 1. The van der Waals surface area contributed by atoms with Crippen molar-refractivity contribution in [3.63, 3.8) is 0 Å². The molecule has 0 aliphatic carbocycles. The van der Waals surface area contributed by atoms with Crippen LogP contribution in [0.1, 0.15) is 40.3 Å². The van der Waals surface area contributed by atoms with Crippen LogP contribution in [0.5, 0.6) is 5.75 Å². The molecule has 2 atom stereocenters. The molecule has 1 aromatic carbocycles. The van der Waals surface area contributed by atoms with Gasteiger partial charge in [0.25, 0.3) is 0 Å². The molecule has 39 heavy (non-hydrogen) atoms. The van der Waals surface area contributed by atoms with Crippen molar-refractivity contribution >= 4 is 38.7 Å². The summed E-state index contributed by atoms with van der Waals surface area (Å²) < 4.78 is 34.3. The number of hydrogen-bond acceptors (Lipinski definition) is 6. The summed E-state index contributed by atoms with van der Waals surface area (Å²) in [5.74, 6) is 1.25. The van der Waals surface area contributed by atoms with Crippen molar-refractivity contribution in [2.24, 2.45) is 0 Å². The van der Waals surface area contributed by atoms with E-state index in [-0.39, 0.29) is 12.1 Å². The highest BCUT2D eigenvalue weighted by Gasteiger charge is 2.42. The fourth-order valence-corrected chi connectivity index (χ4v) is 6.06. The van der Waals surface area contributed by atoms with Crippen LogP contribution in [0.4, 0.5) is 11.4 Å². The lowest BCUT2D eigenvalue weighted by Gasteiger charge is -2.29. The Morgan fingerprint density at radius 2 is 1.82 bits per heavy atom. The van der Waals surface area contributed by atoms with Crippen molar-refractivity contribution in [2.45, 2.75) is 32.9 Å². The van der Waals surface area contributed by atoms with E-state index in [1.54, 1.807) is 18.3 Å². The van der Waals surface area contributed by atoms with E-state index in [9.17, 15) is 8.42 Å². The van der Waals surface area contributed by atoms with Crippen molar-refractivity contribution in [3.05, 3.63) is 95.2 Å². The summed E-state index contributed by atoms with van der Waals surface area (Å²) >= 11 is 5.88. The molecule has 1 aliphatic rings. The standard InChI is InChI=1S/C28H30N6O3S2/c1-17-11-13-30-25(14-17)33-18(2)15-21(19(33)3)27-26(22-8-6-7-12-29-22)31-28(38)34(27)20-9-10-24(37-4)23(16-20)32-39(5,35)36/h6-16,26-27,32H,1-5H3,(H,31,38)/t26-,27-/m0/s1.